The van der Waals surface area contributed by atoms with E-state index < -0.39 is 35.1 Å². The molecule has 6 N–H and O–H groups in total. The van der Waals surface area contributed by atoms with Crippen LogP contribution in [0.3, 0.4) is 0 Å². The molecule has 0 spiro atoms. The number of hydrogen-bond acceptors (Lipinski definition) is 6. The van der Waals surface area contributed by atoms with E-state index in [-0.39, 0.29) is 28.8 Å². The highest BCUT2D eigenvalue weighted by molar-refractivity contribution is 6.06. The maximum absolute atomic E-state index is 12.2. The van der Waals surface area contributed by atoms with Crippen molar-refractivity contribution in [2.24, 2.45) is 0 Å². The van der Waals surface area contributed by atoms with Crippen LogP contribution in [0.5, 0.6) is 17.2 Å². The van der Waals surface area contributed by atoms with Crippen molar-refractivity contribution in [3.05, 3.63) is 52.6 Å². The number of benzene rings is 2. The number of aromatic carboxylic acids is 2. The number of carboxylic acids is 2. The Kier molecular flexibility index (Phi) is 4.78. The zero-order valence-electron chi connectivity index (χ0n) is 12.6. The number of aromatic hydroxyl groups is 3. The minimum absolute atomic E-state index is 0.212. The summed E-state index contributed by atoms with van der Waals surface area (Å²) in [4.78, 5) is 34.4. The molecule has 0 aliphatic rings. The summed E-state index contributed by atoms with van der Waals surface area (Å²) in [5.41, 5.74) is -0.749. The summed E-state index contributed by atoms with van der Waals surface area (Å²) in [6.07, 6.45) is 0. The zero-order chi connectivity index (χ0) is 18.7. The molecule has 0 atom stereocenters. The van der Waals surface area contributed by atoms with Crippen LogP contribution >= 0.6 is 0 Å². The molecule has 0 bridgehead atoms. The monoisotopic (exact) mass is 347 g/mol. The van der Waals surface area contributed by atoms with Gasteiger partial charge >= 0.3 is 11.9 Å². The van der Waals surface area contributed by atoms with E-state index in [9.17, 15) is 29.7 Å². The van der Waals surface area contributed by atoms with Crippen molar-refractivity contribution in [2.75, 3.05) is 0 Å². The number of phenols is 3. The van der Waals surface area contributed by atoms with E-state index in [4.69, 9.17) is 10.2 Å². The quantitative estimate of drug-likeness (QED) is 0.438. The summed E-state index contributed by atoms with van der Waals surface area (Å²) in [6, 6.07) is 5.21. The molecule has 9 nitrogen and oxygen atoms in total. The lowest BCUT2D eigenvalue weighted by molar-refractivity contribution is 0.0678. The number of rotatable bonds is 5. The summed E-state index contributed by atoms with van der Waals surface area (Å²) < 4.78 is 0. The summed E-state index contributed by atoms with van der Waals surface area (Å²) in [7, 11) is 0. The molecule has 0 aromatic heterocycles. The van der Waals surface area contributed by atoms with Crippen molar-refractivity contribution in [2.45, 2.75) is 6.54 Å². The van der Waals surface area contributed by atoms with Crippen molar-refractivity contribution in [1.82, 2.24) is 5.32 Å². The molecule has 0 saturated carbocycles. The summed E-state index contributed by atoms with van der Waals surface area (Å²) in [5.74, 6) is -5.47. The van der Waals surface area contributed by atoms with Gasteiger partial charge in [0.25, 0.3) is 5.91 Å². The van der Waals surface area contributed by atoms with Gasteiger partial charge in [-0.2, -0.15) is 0 Å². The van der Waals surface area contributed by atoms with E-state index in [1.54, 1.807) is 0 Å². The molecule has 0 saturated heterocycles. The first-order valence-electron chi connectivity index (χ1n) is 6.83. The Morgan fingerprint density at radius 2 is 1.44 bits per heavy atom. The van der Waals surface area contributed by atoms with Gasteiger partial charge in [0.2, 0.25) is 0 Å². The number of hydrogen-bond donors (Lipinski definition) is 6. The first kappa shape index (κ1) is 17.6. The van der Waals surface area contributed by atoms with Crippen molar-refractivity contribution in [3.8, 4) is 17.2 Å². The third-order valence-electron chi connectivity index (χ3n) is 3.32. The zero-order valence-corrected chi connectivity index (χ0v) is 12.6. The number of carbonyl (C=O) groups excluding carboxylic acids is 1. The Labute approximate surface area is 140 Å². The van der Waals surface area contributed by atoms with Gasteiger partial charge in [0.1, 0.15) is 0 Å². The number of carboxylic acid groups (broad SMARTS) is 2. The van der Waals surface area contributed by atoms with Crippen LogP contribution in [0.2, 0.25) is 0 Å². The van der Waals surface area contributed by atoms with Crippen molar-refractivity contribution in [1.29, 1.82) is 0 Å². The SMILES string of the molecule is O=C(O)c1ccc(C(=O)O)c(C(=O)NCc2cc(O)c(O)c(O)c2)c1. The average molecular weight is 347 g/mol. The second-order valence-corrected chi connectivity index (χ2v) is 5.04. The minimum atomic E-state index is -1.40. The van der Waals surface area contributed by atoms with Crippen molar-refractivity contribution in [3.63, 3.8) is 0 Å². The van der Waals surface area contributed by atoms with Crippen LogP contribution in [0.25, 0.3) is 0 Å². The van der Waals surface area contributed by atoms with E-state index in [1.807, 2.05) is 0 Å². The van der Waals surface area contributed by atoms with Gasteiger partial charge in [0.05, 0.1) is 16.7 Å². The van der Waals surface area contributed by atoms with Gasteiger partial charge in [-0.3, -0.25) is 4.79 Å². The highest BCUT2D eigenvalue weighted by Crippen LogP contribution is 2.35. The molecular weight excluding hydrogens is 334 g/mol. The minimum Gasteiger partial charge on any atom is -0.504 e. The lowest BCUT2D eigenvalue weighted by atomic mass is 10.0. The first-order valence-corrected chi connectivity index (χ1v) is 6.83. The highest BCUT2D eigenvalue weighted by atomic mass is 16.4. The molecule has 0 unspecified atom stereocenters. The Balaban J connectivity index is 2.27. The van der Waals surface area contributed by atoms with Crippen molar-refractivity contribution >= 4 is 17.8 Å². The number of phenolic OH excluding ortho intramolecular Hbond substituents is 3. The molecular formula is C16H13NO8. The van der Waals surface area contributed by atoms with Gasteiger partial charge in [-0.05, 0) is 35.9 Å². The fourth-order valence-electron chi connectivity index (χ4n) is 2.09. The predicted molar refractivity (Wildman–Crippen MR) is 83.0 cm³/mol. The van der Waals surface area contributed by atoms with Crippen LogP contribution in [0.4, 0.5) is 0 Å². The van der Waals surface area contributed by atoms with Gasteiger partial charge < -0.3 is 30.8 Å². The molecule has 0 aliphatic heterocycles. The standard InChI is InChI=1S/C16H13NO8/c18-11-3-7(4-12(19)13(11)20)6-17-14(21)10-5-8(15(22)23)1-2-9(10)16(24)25/h1-5,18-20H,6H2,(H,17,21)(H,22,23)(H,24,25). The van der Waals surface area contributed by atoms with Gasteiger partial charge in [-0.25, -0.2) is 9.59 Å². The predicted octanol–water partition coefficient (Wildman–Crippen LogP) is 1.13. The lowest BCUT2D eigenvalue weighted by Crippen LogP contribution is -2.25. The molecule has 0 aliphatic carbocycles. The van der Waals surface area contributed by atoms with E-state index in [0.29, 0.717) is 0 Å². The van der Waals surface area contributed by atoms with E-state index in [0.717, 1.165) is 30.3 Å². The van der Waals surface area contributed by atoms with Crippen LogP contribution in [0, 0.1) is 0 Å². The molecule has 2 rings (SSSR count). The van der Waals surface area contributed by atoms with Gasteiger partial charge in [-0.1, -0.05) is 0 Å². The summed E-state index contributed by atoms with van der Waals surface area (Å²) in [5, 5.41) is 48.5. The first-order chi connectivity index (χ1) is 11.7. The van der Waals surface area contributed by atoms with Crippen LogP contribution in [0.15, 0.2) is 30.3 Å². The Bertz CT molecular complexity index is 851. The number of nitrogens with one attached hydrogen (secondary N) is 1. The van der Waals surface area contributed by atoms with Gasteiger partial charge in [-0.15, -0.1) is 0 Å². The van der Waals surface area contributed by atoms with E-state index in [1.165, 1.54) is 0 Å². The highest BCUT2D eigenvalue weighted by Gasteiger charge is 2.19. The topological polar surface area (TPSA) is 164 Å². The molecule has 130 valence electrons. The Morgan fingerprint density at radius 1 is 0.840 bits per heavy atom. The third-order valence-corrected chi connectivity index (χ3v) is 3.32. The maximum Gasteiger partial charge on any atom is 0.336 e. The van der Waals surface area contributed by atoms with Crippen molar-refractivity contribution < 1.29 is 39.9 Å². The molecule has 0 fully saturated rings. The molecule has 9 heteroatoms. The fourth-order valence-corrected chi connectivity index (χ4v) is 2.09. The smallest absolute Gasteiger partial charge is 0.336 e. The maximum atomic E-state index is 12.2. The molecule has 0 radical (unpaired) electrons. The van der Waals surface area contributed by atoms with E-state index in [2.05, 4.69) is 5.32 Å². The lowest BCUT2D eigenvalue weighted by Gasteiger charge is -2.10. The van der Waals surface area contributed by atoms with Crippen LogP contribution in [-0.4, -0.2) is 43.4 Å². The molecule has 25 heavy (non-hydrogen) atoms. The van der Waals surface area contributed by atoms with Gasteiger partial charge in [0, 0.05) is 6.54 Å². The van der Waals surface area contributed by atoms with Crippen LogP contribution in [-0.2, 0) is 6.54 Å². The molecule has 2 aromatic rings. The summed E-state index contributed by atoms with van der Waals surface area (Å²) in [6.45, 7) is -0.212. The summed E-state index contributed by atoms with van der Waals surface area (Å²) >= 11 is 0. The average Bonchev–Trinajstić information content (AvgIpc) is 2.56. The largest absolute Gasteiger partial charge is 0.504 e. The normalized spacial score (nSPS) is 10.2. The number of amides is 1. The van der Waals surface area contributed by atoms with Crippen LogP contribution in [0.1, 0.15) is 36.6 Å². The Hall–Kier alpha value is -3.75. The molecule has 1 amide bonds. The Morgan fingerprint density at radius 3 is 1.96 bits per heavy atom. The molecule has 0 heterocycles. The van der Waals surface area contributed by atoms with Crippen LogP contribution < -0.4 is 5.32 Å². The third kappa shape index (κ3) is 3.78. The second-order valence-electron chi connectivity index (χ2n) is 5.04. The number of carbonyl (C=O) groups is 3. The second kappa shape index (κ2) is 6.79. The molecule has 2 aromatic carbocycles. The van der Waals surface area contributed by atoms with E-state index >= 15 is 0 Å². The fraction of sp³-hybridized carbons (Fsp3) is 0.0625. The van der Waals surface area contributed by atoms with Gasteiger partial charge in [0.15, 0.2) is 17.2 Å².